The van der Waals surface area contributed by atoms with Crippen LogP contribution in [0, 0.1) is 6.92 Å². The molecule has 3 rings (SSSR count). The van der Waals surface area contributed by atoms with Crippen molar-refractivity contribution in [1.29, 1.82) is 0 Å². The number of rotatable bonds is 3. The van der Waals surface area contributed by atoms with Gasteiger partial charge in [0.25, 0.3) is 11.8 Å². The van der Waals surface area contributed by atoms with Gasteiger partial charge in [-0.15, -0.1) is 0 Å². The molecule has 23 heavy (non-hydrogen) atoms. The van der Waals surface area contributed by atoms with Crippen molar-refractivity contribution in [2.45, 2.75) is 19.9 Å². The molecule has 0 fully saturated rings. The molecule has 0 saturated carbocycles. The fourth-order valence-electron chi connectivity index (χ4n) is 2.57. The molecule has 1 aromatic carbocycles. The Kier molecular flexibility index (Phi) is 3.48. The van der Waals surface area contributed by atoms with Gasteiger partial charge in [-0.3, -0.25) is 24.0 Å². The van der Waals surface area contributed by atoms with Crippen LogP contribution in [0.5, 0.6) is 0 Å². The highest BCUT2D eigenvalue weighted by Crippen LogP contribution is 2.26. The normalized spacial score (nSPS) is 14.8. The first-order valence-electron chi connectivity index (χ1n) is 7.16. The van der Waals surface area contributed by atoms with Crippen LogP contribution >= 0.6 is 0 Å². The summed E-state index contributed by atoms with van der Waals surface area (Å²) in [5.41, 5.74) is 2.08. The minimum absolute atomic E-state index is 0.335. The van der Waals surface area contributed by atoms with Crippen LogP contribution < -0.4 is 5.32 Å². The monoisotopic (exact) mass is 312 g/mol. The molecular weight excluding hydrogens is 296 g/mol. The molecule has 7 heteroatoms. The molecule has 1 aliphatic heterocycles. The number of imide groups is 1. The lowest BCUT2D eigenvalue weighted by Gasteiger charge is -2.21. The summed E-state index contributed by atoms with van der Waals surface area (Å²) in [6.07, 6.45) is 3.13. The summed E-state index contributed by atoms with van der Waals surface area (Å²) >= 11 is 0. The molecule has 7 nitrogen and oxygen atoms in total. The second kappa shape index (κ2) is 5.35. The lowest BCUT2D eigenvalue weighted by molar-refractivity contribution is -0.119. The third-order valence-corrected chi connectivity index (χ3v) is 3.81. The Balaban J connectivity index is 1.83. The van der Waals surface area contributed by atoms with Crippen LogP contribution in [0.1, 0.15) is 33.2 Å². The van der Waals surface area contributed by atoms with Crippen LogP contribution in [0.3, 0.4) is 0 Å². The van der Waals surface area contributed by atoms with Crippen molar-refractivity contribution in [3.8, 4) is 0 Å². The molecule has 0 bridgehead atoms. The first kappa shape index (κ1) is 15.0. The van der Waals surface area contributed by atoms with Gasteiger partial charge in [0.1, 0.15) is 6.04 Å². The number of nitrogens with one attached hydrogen (secondary N) is 1. The smallest absolute Gasteiger partial charge is 0.262 e. The average Bonchev–Trinajstić information content (AvgIpc) is 3.01. The number of carbonyl (C=O) groups is 3. The maximum absolute atomic E-state index is 12.5. The molecule has 0 aliphatic carbocycles. The van der Waals surface area contributed by atoms with E-state index >= 15 is 0 Å². The predicted molar refractivity (Wildman–Crippen MR) is 83.0 cm³/mol. The van der Waals surface area contributed by atoms with Gasteiger partial charge in [-0.25, -0.2) is 0 Å². The van der Waals surface area contributed by atoms with Gasteiger partial charge in [-0.05, 0) is 26.0 Å². The molecule has 3 amide bonds. The lowest BCUT2D eigenvalue weighted by Crippen LogP contribution is -2.45. The molecule has 2 heterocycles. The van der Waals surface area contributed by atoms with E-state index in [-0.39, 0.29) is 0 Å². The summed E-state index contributed by atoms with van der Waals surface area (Å²) in [6.45, 7) is 3.37. The molecule has 1 aliphatic rings. The lowest BCUT2D eigenvalue weighted by atomic mass is 10.1. The SMILES string of the molecule is Cc1ccc2c(c1)C(=O)N(C(C)C(=O)Nc1cnn(C)c1)C2=O. The van der Waals surface area contributed by atoms with Crippen LogP contribution in [-0.4, -0.2) is 38.4 Å². The standard InChI is InChI=1S/C16H16N4O3/c1-9-4-5-12-13(6-9)16(23)20(15(12)22)10(2)14(21)18-11-7-17-19(3)8-11/h4-8,10H,1-3H3,(H,18,21). The summed E-state index contributed by atoms with van der Waals surface area (Å²) in [4.78, 5) is 38.2. The van der Waals surface area contributed by atoms with Gasteiger partial charge >= 0.3 is 0 Å². The van der Waals surface area contributed by atoms with Gasteiger partial charge in [-0.1, -0.05) is 11.6 Å². The Morgan fingerprint density at radius 3 is 2.57 bits per heavy atom. The first-order valence-corrected chi connectivity index (χ1v) is 7.16. The van der Waals surface area contributed by atoms with Crippen molar-refractivity contribution >= 4 is 23.4 Å². The molecule has 0 radical (unpaired) electrons. The Bertz CT molecular complexity index is 824. The highest BCUT2D eigenvalue weighted by atomic mass is 16.2. The Labute approximate surface area is 132 Å². The average molecular weight is 312 g/mol. The van der Waals surface area contributed by atoms with Crippen LogP contribution in [0.15, 0.2) is 30.6 Å². The number of anilines is 1. The van der Waals surface area contributed by atoms with E-state index < -0.39 is 23.8 Å². The first-order chi connectivity index (χ1) is 10.9. The molecule has 2 aromatic rings. The minimum Gasteiger partial charge on any atom is -0.322 e. The van der Waals surface area contributed by atoms with E-state index in [0.29, 0.717) is 16.8 Å². The number of carbonyl (C=O) groups excluding carboxylic acids is 3. The van der Waals surface area contributed by atoms with E-state index in [4.69, 9.17) is 0 Å². The van der Waals surface area contributed by atoms with Crippen molar-refractivity contribution < 1.29 is 14.4 Å². The van der Waals surface area contributed by atoms with Crippen LogP contribution in [-0.2, 0) is 11.8 Å². The van der Waals surface area contributed by atoms with E-state index in [1.807, 2.05) is 6.92 Å². The number of benzene rings is 1. The molecule has 1 unspecified atom stereocenters. The van der Waals surface area contributed by atoms with Crippen molar-refractivity contribution in [3.63, 3.8) is 0 Å². The van der Waals surface area contributed by atoms with Gasteiger partial charge in [0.05, 0.1) is 23.0 Å². The van der Waals surface area contributed by atoms with Crippen molar-refractivity contribution in [3.05, 3.63) is 47.3 Å². The van der Waals surface area contributed by atoms with Gasteiger partial charge in [0, 0.05) is 13.2 Å². The van der Waals surface area contributed by atoms with Crippen LogP contribution in [0.4, 0.5) is 5.69 Å². The maximum atomic E-state index is 12.5. The van der Waals surface area contributed by atoms with E-state index in [1.54, 1.807) is 36.1 Å². The highest BCUT2D eigenvalue weighted by Gasteiger charge is 2.40. The summed E-state index contributed by atoms with van der Waals surface area (Å²) in [5.74, 6) is -1.33. The van der Waals surface area contributed by atoms with E-state index in [9.17, 15) is 14.4 Å². The molecule has 118 valence electrons. The highest BCUT2D eigenvalue weighted by molar-refractivity contribution is 6.23. The largest absolute Gasteiger partial charge is 0.322 e. The number of amides is 3. The fraction of sp³-hybridized carbons (Fsp3) is 0.250. The zero-order chi connectivity index (χ0) is 16.7. The number of hydrogen-bond acceptors (Lipinski definition) is 4. The second-order valence-corrected chi connectivity index (χ2v) is 5.60. The van der Waals surface area contributed by atoms with Crippen LogP contribution in [0.25, 0.3) is 0 Å². The Hall–Kier alpha value is -2.96. The number of hydrogen-bond donors (Lipinski definition) is 1. The molecular formula is C16H16N4O3. The van der Waals surface area contributed by atoms with Crippen LogP contribution in [0.2, 0.25) is 0 Å². The van der Waals surface area contributed by atoms with E-state index in [0.717, 1.165) is 10.5 Å². The molecule has 1 aromatic heterocycles. The van der Waals surface area contributed by atoms with Gasteiger partial charge in [-0.2, -0.15) is 5.10 Å². The summed E-state index contributed by atoms with van der Waals surface area (Å²) < 4.78 is 1.55. The van der Waals surface area contributed by atoms with E-state index in [2.05, 4.69) is 10.4 Å². The predicted octanol–water partition coefficient (Wildman–Crippen LogP) is 1.35. The quantitative estimate of drug-likeness (QED) is 0.867. The summed E-state index contributed by atoms with van der Waals surface area (Å²) in [5, 5.41) is 6.60. The maximum Gasteiger partial charge on any atom is 0.262 e. The van der Waals surface area contributed by atoms with E-state index in [1.165, 1.54) is 13.1 Å². The zero-order valence-corrected chi connectivity index (χ0v) is 13.0. The van der Waals surface area contributed by atoms with Gasteiger partial charge in [0.2, 0.25) is 5.91 Å². The molecule has 1 N–H and O–H groups in total. The number of nitrogens with zero attached hydrogens (tertiary/aromatic N) is 3. The van der Waals surface area contributed by atoms with Crippen molar-refractivity contribution in [1.82, 2.24) is 14.7 Å². The van der Waals surface area contributed by atoms with Gasteiger partial charge in [0.15, 0.2) is 0 Å². The minimum atomic E-state index is -0.914. The second-order valence-electron chi connectivity index (χ2n) is 5.60. The van der Waals surface area contributed by atoms with Crippen molar-refractivity contribution in [2.24, 2.45) is 7.05 Å². The van der Waals surface area contributed by atoms with Crippen molar-refractivity contribution in [2.75, 3.05) is 5.32 Å². The molecule has 0 saturated heterocycles. The molecule has 1 atom stereocenters. The molecule has 0 spiro atoms. The zero-order valence-electron chi connectivity index (χ0n) is 13.0. The number of aromatic nitrogens is 2. The van der Waals surface area contributed by atoms with Gasteiger partial charge < -0.3 is 5.32 Å². The third-order valence-electron chi connectivity index (χ3n) is 3.81. The Morgan fingerprint density at radius 1 is 1.22 bits per heavy atom. The Morgan fingerprint density at radius 2 is 1.91 bits per heavy atom. The fourth-order valence-corrected chi connectivity index (χ4v) is 2.57. The topological polar surface area (TPSA) is 84.3 Å². The summed E-state index contributed by atoms with van der Waals surface area (Å²) in [6, 6.07) is 4.15. The number of aryl methyl sites for hydroxylation is 2. The summed E-state index contributed by atoms with van der Waals surface area (Å²) in [7, 11) is 1.73. The number of fused-ring (bicyclic) bond motifs is 1. The third kappa shape index (κ3) is 2.50.